The average Bonchev–Trinajstić information content (AvgIpc) is 3.13. The van der Waals surface area contributed by atoms with Gasteiger partial charge >= 0.3 is 0 Å². The van der Waals surface area contributed by atoms with Crippen molar-refractivity contribution in [1.82, 2.24) is 5.32 Å². The maximum Gasteiger partial charge on any atom is 0.00683 e. The molecule has 98 valence electrons. The number of rotatable bonds is 7. The lowest BCUT2D eigenvalue weighted by atomic mass is 9.71. The van der Waals surface area contributed by atoms with E-state index in [2.05, 4.69) is 24.9 Å². The minimum atomic E-state index is 0.868. The van der Waals surface area contributed by atoms with Gasteiger partial charge in [0.25, 0.3) is 0 Å². The van der Waals surface area contributed by atoms with Crippen LogP contribution in [0.2, 0.25) is 0 Å². The van der Waals surface area contributed by atoms with Gasteiger partial charge in [-0.3, -0.25) is 0 Å². The first-order valence-corrected chi connectivity index (χ1v) is 7.67. The van der Waals surface area contributed by atoms with E-state index in [0.29, 0.717) is 0 Å². The minimum Gasteiger partial charge on any atom is -0.314 e. The molecule has 2 aliphatic carbocycles. The van der Waals surface area contributed by atoms with Crippen molar-refractivity contribution < 1.29 is 0 Å². The van der Waals surface area contributed by atoms with Crippen molar-refractivity contribution in [2.75, 3.05) is 6.54 Å². The van der Waals surface area contributed by atoms with E-state index in [0.717, 1.165) is 23.8 Å². The summed E-state index contributed by atoms with van der Waals surface area (Å²) in [6.07, 6.45) is 13.4. The second kappa shape index (κ2) is 6.58. The molecule has 17 heavy (non-hydrogen) atoms. The lowest BCUT2D eigenvalue weighted by Gasteiger charge is -2.36. The smallest absolute Gasteiger partial charge is 0.00683 e. The summed E-state index contributed by atoms with van der Waals surface area (Å²) in [5.74, 6) is 2.83. The molecule has 1 heteroatoms. The predicted molar refractivity (Wildman–Crippen MR) is 75.1 cm³/mol. The normalized spacial score (nSPS) is 33.6. The van der Waals surface area contributed by atoms with Crippen LogP contribution in [0.25, 0.3) is 0 Å². The molecule has 1 N–H and O–H groups in total. The molecule has 2 saturated carbocycles. The monoisotopic (exact) mass is 235 g/mol. The first kappa shape index (κ1) is 13.1. The molecule has 0 saturated heterocycles. The van der Waals surface area contributed by atoms with Crippen LogP contribution in [0, 0.1) is 17.8 Å². The Bertz CT molecular complexity index is 232. The Morgan fingerprint density at radius 1 is 1.18 bits per heavy atom. The summed E-state index contributed by atoms with van der Waals surface area (Å²) >= 11 is 0. The predicted octanol–water partition coefficient (Wildman–Crippen LogP) is 4.15. The zero-order valence-corrected chi connectivity index (χ0v) is 11.5. The van der Waals surface area contributed by atoms with Gasteiger partial charge in [-0.25, -0.2) is 0 Å². The van der Waals surface area contributed by atoms with Crippen LogP contribution in [-0.4, -0.2) is 12.6 Å². The average molecular weight is 235 g/mol. The van der Waals surface area contributed by atoms with Crippen molar-refractivity contribution in [2.45, 2.75) is 64.3 Å². The van der Waals surface area contributed by atoms with Crippen LogP contribution in [0.4, 0.5) is 0 Å². The molecule has 0 aromatic rings. The summed E-state index contributed by atoms with van der Waals surface area (Å²) in [5.41, 5.74) is 0. The fourth-order valence-corrected chi connectivity index (χ4v) is 3.47. The van der Waals surface area contributed by atoms with E-state index >= 15 is 0 Å². The molecule has 2 aliphatic rings. The fourth-order valence-electron chi connectivity index (χ4n) is 3.47. The summed E-state index contributed by atoms with van der Waals surface area (Å²) in [7, 11) is 0. The van der Waals surface area contributed by atoms with Crippen molar-refractivity contribution >= 4 is 0 Å². The van der Waals surface area contributed by atoms with Crippen molar-refractivity contribution in [1.29, 1.82) is 0 Å². The standard InChI is InChI=1S/C16H29N/c1-3-5-13-7-8-15(12-17-16-9-10-16)14(11-13)6-4-2/h4,13-17H,2-3,5-12H2,1H3. The molecule has 0 amide bonds. The van der Waals surface area contributed by atoms with Gasteiger partial charge in [-0.15, -0.1) is 6.58 Å². The van der Waals surface area contributed by atoms with Crippen LogP contribution in [0.5, 0.6) is 0 Å². The van der Waals surface area contributed by atoms with E-state index in [9.17, 15) is 0 Å². The number of hydrogen-bond donors (Lipinski definition) is 1. The third kappa shape index (κ3) is 4.13. The van der Waals surface area contributed by atoms with Crippen LogP contribution in [0.3, 0.4) is 0 Å². The third-order valence-electron chi connectivity index (χ3n) is 4.66. The molecule has 0 radical (unpaired) electrons. The van der Waals surface area contributed by atoms with Gasteiger partial charge in [0.05, 0.1) is 0 Å². The molecule has 0 aromatic heterocycles. The number of hydrogen-bond acceptors (Lipinski definition) is 1. The lowest BCUT2D eigenvalue weighted by molar-refractivity contribution is 0.169. The minimum absolute atomic E-state index is 0.868. The summed E-state index contributed by atoms with van der Waals surface area (Å²) in [5, 5.41) is 3.73. The molecule has 0 bridgehead atoms. The van der Waals surface area contributed by atoms with Crippen molar-refractivity contribution in [3.8, 4) is 0 Å². The van der Waals surface area contributed by atoms with E-state index in [1.54, 1.807) is 0 Å². The van der Waals surface area contributed by atoms with E-state index in [1.165, 1.54) is 57.9 Å². The Labute approximate surface area is 107 Å². The van der Waals surface area contributed by atoms with Crippen LogP contribution in [0.1, 0.15) is 58.3 Å². The molecule has 0 aliphatic heterocycles. The van der Waals surface area contributed by atoms with Gasteiger partial charge in [0.15, 0.2) is 0 Å². The van der Waals surface area contributed by atoms with Gasteiger partial charge in [0, 0.05) is 6.04 Å². The summed E-state index contributed by atoms with van der Waals surface area (Å²) in [4.78, 5) is 0. The lowest BCUT2D eigenvalue weighted by Crippen LogP contribution is -2.34. The second-order valence-corrected chi connectivity index (χ2v) is 6.19. The topological polar surface area (TPSA) is 12.0 Å². The Kier molecular flexibility index (Phi) is 5.09. The molecule has 2 fully saturated rings. The zero-order valence-electron chi connectivity index (χ0n) is 11.5. The van der Waals surface area contributed by atoms with Gasteiger partial charge < -0.3 is 5.32 Å². The SMILES string of the molecule is C=CCC1CC(CCC)CCC1CNC1CC1. The summed E-state index contributed by atoms with van der Waals surface area (Å²) < 4.78 is 0. The quantitative estimate of drug-likeness (QED) is 0.654. The van der Waals surface area contributed by atoms with Gasteiger partial charge in [0.1, 0.15) is 0 Å². The highest BCUT2D eigenvalue weighted by Gasteiger charge is 2.30. The Hall–Kier alpha value is -0.300. The van der Waals surface area contributed by atoms with E-state index < -0.39 is 0 Å². The van der Waals surface area contributed by atoms with Gasteiger partial charge in [-0.2, -0.15) is 0 Å². The van der Waals surface area contributed by atoms with Crippen molar-refractivity contribution in [3.05, 3.63) is 12.7 Å². The maximum atomic E-state index is 3.95. The van der Waals surface area contributed by atoms with E-state index in [4.69, 9.17) is 0 Å². The highest BCUT2D eigenvalue weighted by atomic mass is 14.9. The van der Waals surface area contributed by atoms with Crippen LogP contribution >= 0.6 is 0 Å². The molecule has 0 aromatic carbocycles. The summed E-state index contributed by atoms with van der Waals surface area (Å²) in [6.45, 7) is 7.54. The molecule has 0 heterocycles. The highest BCUT2D eigenvalue weighted by Crippen LogP contribution is 2.38. The van der Waals surface area contributed by atoms with E-state index in [1.807, 2.05) is 0 Å². The number of nitrogens with one attached hydrogen (secondary N) is 1. The van der Waals surface area contributed by atoms with Crippen molar-refractivity contribution in [3.63, 3.8) is 0 Å². The molecular formula is C16H29N. The zero-order chi connectivity index (χ0) is 12.1. The molecule has 3 unspecified atom stereocenters. The van der Waals surface area contributed by atoms with Crippen LogP contribution in [0.15, 0.2) is 12.7 Å². The van der Waals surface area contributed by atoms with E-state index in [-0.39, 0.29) is 0 Å². The maximum absolute atomic E-state index is 3.95. The third-order valence-corrected chi connectivity index (χ3v) is 4.66. The first-order valence-electron chi connectivity index (χ1n) is 7.67. The molecule has 3 atom stereocenters. The Morgan fingerprint density at radius 2 is 2.00 bits per heavy atom. The van der Waals surface area contributed by atoms with Gasteiger partial charge in [-0.1, -0.05) is 32.3 Å². The highest BCUT2D eigenvalue weighted by molar-refractivity contribution is 4.88. The summed E-state index contributed by atoms with van der Waals surface area (Å²) in [6, 6.07) is 0.868. The van der Waals surface area contributed by atoms with Crippen molar-refractivity contribution in [2.24, 2.45) is 17.8 Å². The Balaban J connectivity index is 1.79. The fraction of sp³-hybridized carbons (Fsp3) is 0.875. The molecule has 2 rings (SSSR count). The molecule has 0 spiro atoms. The second-order valence-electron chi connectivity index (χ2n) is 6.19. The molecule has 1 nitrogen and oxygen atoms in total. The number of allylic oxidation sites excluding steroid dienone is 1. The van der Waals surface area contributed by atoms with Gasteiger partial charge in [-0.05, 0) is 56.4 Å². The first-order chi connectivity index (χ1) is 8.33. The Morgan fingerprint density at radius 3 is 2.65 bits per heavy atom. The largest absolute Gasteiger partial charge is 0.314 e. The van der Waals surface area contributed by atoms with Crippen LogP contribution in [-0.2, 0) is 0 Å². The van der Waals surface area contributed by atoms with Crippen LogP contribution < -0.4 is 5.32 Å². The molecular weight excluding hydrogens is 206 g/mol. The van der Waals surface area contributed by atoms with Gasteiger partial charge in [0.2, 0.25) is 0 Å².